The molecule has 1 heterocycles. The number of rotatable bonds is 3. The third-order valence-corrected chi connectivity index (χ3v) is 4.31. The van der Waals surface area contributed by atoms with Crippen molar-refractivity contribution >= 4 is 6.09 Å². The molecular formula is C15H26F2N2O2. The summed E-state index contributed by atoms with van der Waals surface area (Å²) in [4.78, 5) is 13.7. The minimum absolute atomic E-state index is 0.206. The van der Waals surface area contributed by atoms with Crippen LogP contribution in [0.15, 0.2) is 0 Å². The molecule has 0 aromatic carbocycles. The van der Waals surface area contributed by atoms with E-state index in [1.165, 1.54) is 0 Å². The van der Waals surface area contributed by atoms with Crippen molar-refractivity contribution in [3.8, 4) is 0 Å². The summed E-state index contributed by atoms with van der Waals surface area (Å²) in [7, 11) is 0. The highest BCUT2D eigenvalue weighted by Crippen LogP contribution is 2.53. The number of hydrogen-bond acceptors (Lipinski definition) is 3. The zero-order valence-corrected chi connectivity index (χ0v) is 13.1. The first-order chi connectivity index (χ1) is 9.52. The Morgan fingerprint density at radius 3 is 2.57 bits per heavy atom. The van der Waals surface area contributed by atoms with E-state index in [2.05, 4.69) is 0 Å². The van der Waals surface area contributed by atoms with Crippen LogP contribution in [0.1, 0.15) is 52.9 Å². The third-order valence-electron chi connectivity index (χ3n) is 4.31. The van der Waals surface area contributed by atoms with Crippen molar-refractivity contribution in [1.82, 2.24) is 4.90 Å². The maximum Gasteiger partial charge on any atom is 0.410 e. The molecule has 2 N–H and O–H groups in total. The second-order valence-electron chi connectivity index (χ2n) is 7.51. The normalized spacial score (nSPS) is 31.9. The smallest absolute Gasteiger partial charge is 0.410 e. The summed E-state index contributed by atoms with van der Waals surface area (Å²) in [6.45, 7) is 6.75. The summed E-state index contributed by atoms with van der Waals surface area (Å²) in [5.41, 5.74) is 3.85. The second kappa shape index (κ2) is 5.38. The molecule has 2 fully saturated rings. The van der Waals surface area contributed by atoms with Crippen LogP contribution in [0.2, 0.25) is 0 Å². The predicted molar refractivity (Wildman–Crippen MR) is 76.2 cm³/mol. The lowest BCUT2D eigenvalue weighted by Crippen LogP contribution is -2.43. The summed E-state index contributed by atoms with van der Waals surface area (Å²) in [6.07, 6.45) is 2.30. The maximum atomic E-state index is 13.1. The lowest BCUT2D eigenvalue weighted by Gasteiger charge is -2.34. The van der Waals surface area contributed by atoms with Gasteiger partial charge < -0.3 is 15.4 Å². The van der Waals surface area contributed by atoms with Crippen molar-refractivity contribution in [1.29, 1.82) is 0 Å². The van der Waals surface area contributed by atoms with E-state index < -0.39 is 17.1 Å². The zero-order chi connectivity index (χ0) is 15.9. The van der Waals surface area contributed by atoms with Gasteiger partial charge in [0.15, 0.2) is 0 Å². The van der Waals surface area contributed by atoms with Gasteiger partial charge in [0.25, 0.3) is 5.92 Å². The molecular weight excluding hydrogens is 278 g/mol. The predicted octanol–water partition coefficient (Wildman–Crippen LogP) is 3.15. The maximum absolute atomic E-state index is 13.1. The molecule has 122 valence electrons. The van der Waals surface area contributed by atoms with Crippen molar-refractivity contribution in [2.24, 2.45) is 11.7 Å². The number of hydrogen-bond donors (Lipinski definition) is 1. The minimum atomic E-state index is -2.70. The number of nitrogens with two attached hydrogens (primary N) is 1. The Labute approximate surface area is 125 Å². The van der Waals surface area contributed by atoms with Crippen LogP contribution in [0.4, 0.5) is 13.6 Å². The Morgan fingerprint density at radius 1 is 1.43 bits per heavy atom. The number of halogens is 2. The first kappa shape index (κ1) is 16.5. The summed E-state index contributed by atoms with van der Waals surface area (Å²) in [6, 6.07) is 0. The Hall–Kier alpha value is -0.910. The minimum Gasteiger partial charge on any atom is -0.444 e. The summed E-state index contributed by atoms with van der Waals surface area (Å²) in [5, 5.41) is 0. The molecule has 2 atom stereocenters. The first-order valence-electron chi connectivity index (χ1n) is 7.67. The summed E-state index contributed by atoms with van der Waals surface area (Å²) < 4.78 is 31.6. The van der Waals surface area contributed by atoms with Gasteiger partial charge in [0.2, 0.25) is 0 Å². The molecule has 2 unspecified atom stereocenters. The number of likely N-dealkylation sites (tertiary alicyclic amines) is 1. The SMILES string of the molecule is CC(C)(C)OC(=O)N1CCCC(CCC2(N)CC2(F)F)C1. The first-order valence-corrected chi connectivity index (χ1v) is 7.67. The van der Waals surface area contributed by atoms with Gasteiger partial charge in [-0.05, 0) is 52.4 Å². The molecule has 0 bridgehead atoms. The number of nitrogens with zero attached hydrogens (tertiary/aromatic N) is 1. The third kappa shape index (κ3) is 4.05. The standard InChI is InChI=1S/C15H26F2N2O2/c1-13(2,3)21-12(20)19-8-4-5-11(9-19)6-7-14(18)10-15(14,16)17/h11H,4-10,18H2,1-3H3. The highest BCUT2D eigenvalue weighted by atomic mass is 19.3. The van der Waals surface area contributed by atoms with E-state index in [0.717, 1.165) is 12.8 Å². The molecule has 2 rings (SSSR count). The molecule has 4 nitrogen and oxygen atoms in total. The van der Waals surface area contributed by atoms with Crippen LogP contribution in [0, 0.1) is 5.92 Å². The van der Waals surface area contributed by atoms with Gasteiger partial charge in [0, 0.05) is 19.5 Å². The van der Waals surface area contributed by atoms with Crippen LogP contribution >= 0.6 is 0 Å². The quantitative estimate of drug-likeness (QED) is 0.871. The molecule has 2 aliphatic rings. The molecule has 6 heteroatoms. The van der Waals surface area contributed by atoms with Crippen LogP contribution in [0.25, 0.3) is 0 Å². The Kier molecular flexibility index (Phi) is 4.21. The van der Waals surface area contributed by atoms with Crippen molar-refractivity contribution < 1.29 is 18.3 Å². The van der Waals surface area contributed by atoms with E-state index in [-0.39, 0.29) is 18.4 Å². The monoisotopic (exact) mass is 304 g/mol. The largest absolute Gasteiger partial charge is 0.444 e. The topological polar surface area (TPSA) is 55.6 Å². The van der Waals surface area contributed by atoms with Crippen LogP contribution in [0.5, 0.6) is 0 Å². The number of carbonyl (C=O) groups is 1. The van der Waals surface area contributed by atoms with E-state index in [4.69, 9.17) is 10.5 Å². The molecule has 1 aliphatic carbocycles. The van der Waals surface area contributed by atoms with E-state index in [1.54, 1.807) is 4.90 Å². The number of amides is 1. The van der Waals surface area contributed by atoms with Gasteiger partial charge in [0.1, 0.15) is 5.60 Å². The molecule has 1 amide bonds. The lowest BCUT2D eigenvalue weighted by molar-refractivity contribution is 0.0154. The number of ether oxygens (including phenoxy) is 1. The summed E-state index contributed by atoms with van der Waals surface area (Å²) >= 11 is 0. The van der Waals surface area contributed by atoms with Crippen LogP contribution in [0.3, 0.4) is 0 Å². The molecule has 0 spiro atoms. The van der Waals surface area contributed by atoms with E-state index in [9.17, 15) is 13.6 Å². The number of piperidine rings is 1. The Morgan fingerprint density at radius 2 is 2.05 bits per heavy atom. The zero-order valence-electron chi connectivity index (χ0n) is 13.1. The average Bonchev–Trinajstić information content (AvgIpc) is 2.85. The fourth-order valence-corrected chi connectivity index (χ4v) is 2.88. The summed E-state index contributed by atoms with van der Waals surface area (Å²) in [5.74, 6) is -2.46. The van der Waals surface area contributed by atoms with Crippen molar-refractivity contribution in [2.45, 2.75) is 69.9 Å². The van der Waals surface area contributed by atoms with Gasteiger partial charge in [-0.3, -0.25) is 0 Å². The van der Waals surface area contributed by atoms with Crippen molar-refractivity contribution in [3.63, 3.8) is 0 Å². The van der Waals surface area contributed by atoms with Crippen molar-refractivity contribution in [2.75, 3.05) is 13.1 Å². The second-order valence-corrected chi connectivity index (χ2v) is 7.51. The van der Waals surface area contributed by atoms with Crippen LogP contribution < -0.4 is 5.73 Å². The van der Waals surface area contributed by atoms with Gasteiger partial charge in [-0.2, -0.15) is 0 Å². The van der Waals surface area contributed by atoms with Gasteiger partial charge in [-0.1, -0.05) is 0 Å². The van der Waals surface area contributed by atoms with Crippen LogP contribution in [-0.4, -0.2) is 41.1 Å². The highest BCUT2D eigenvalue weighted by molar-refractivity contribution is 5.68. The van der Waals surface area contributed by atoms with E-state index in [1.807, 2.05) is 20.8 Å². The molecule has 1 saturated carbocycles. The van der Waals surface area contributed by atoms with Gasteiger partial charge in [-0.15, -0.1) is 0 Å². The van der Waals surface area contributed by atoms with Crippen molar-refractivity contribution in [3.05, 3.63) is 0 Å². The molecule has 1 aliphatic heterocycles. The molecule has 0 aromatic rings. The van der Waals surface area contributed by atoms with Gasteiger partial charge in [0.05, 0.1) is 5.54 Å². The molecule has 21 heavy (non-hydrogen) atoms. The van der Waals surface area contributed by atoms with Gasteiger partial charge in [-0.25, -0.2) is 13.6 Å². The van der Waals surface area contributed by atoms with E-state index >= 15 is 0 Å². The van der Waals surface area contributed by atoms with Gasteiger partial charge >= 0.3 is 6.09 Å². The molecule has 1 saturated heterocycles. The number of alkyl halides is 2. The fraction of sp³-hybridized carbons (Fsp3) is 0.933. The Balaban J connectivity index is 1.80. The highest BCUT2D eigenvalue weighted by Gasteiger charge is 2.68. The lowest BCUT2D eigenvalue weighted by atomic mass is 9.91. The molecule has 0 radical (unpaired) electrons. The average molecular weight is 304 g/mol. The van der Waals surface area contributed by atoms with Crippen LogP contribution in [-0.2, 0) is 4.74 Å². The Bertz CT molecular complexity index is 409. The fourth-order valence-electron chi connectivity index (χ4n) is 2.88. The molecule has 0 aromatic heterocycles. The number of carbonyl (C=O) groups excluding carboxylic acids is 1. The van der Waals surface area contributed by atoms with E-state index in [0.29, 0.717) is 25.9 Å².